The number of carbonyl (C=O) groups excluding carboxylic acids is 1. The van der Waals surface area contributed by atoms with Crippen LogP contribution in [0.1, 0.15) is 35.6 Å². The second-order valence-corrected chi connectivity index (χ2v) is 6.33. The van der Waals surface area contributed by atoms with E-state index in [1.54, 1.807) is 0 Å². The van der Waals surface area contributed by atoms with Gasteiger partial charge in [0.05, 0.1) is 17.1 Å². The molecule has 2 aromatic carbocycles. The Kier molecular flexibility index (Phi) is 4.42. The predicted octanol–water partition coefficient (Wildman–Crippen LogP) is 4.05. The lowest BCUT2D eigenvalue weighted by atomic mass is 10.1. The molecule has 0 aliphatic carbocycles. The highest BCUT2D eigenvalue weighted by Crippen LogP contribution is 2.19. The second kappa shape index (κ2) is 6.48. The summed E-state index contributed by atoms with van der Waals surface area (Å²) in [6, 6.07) is 15.3. The van der Waals surface area contributed by atoms with E-state index >= 15 is 0 Å². The lowest BCUT2D eigenvalue weighted by Crippen LogP contribution is -2.28. The third-order valence-electron chi connectivity index (χ3n) is 3.54. The van der Waals surface area contributed by atoms with Crippen LogP contribution >= 0.6 is 22.6 Å². The maximum absolute atomic E-state index is 12.4. The standard InChI is InChI=1S/C17H16IN3O/c1-2-13(16-19-14-8-3-4-9-15(14)20-16)21-17(22)11-6-5-7-12(18)10-11/h3-10,13H,2H2,1H3,(H,19,20)(H,21,22). The van der Waals surface area contributed by atoms with Crippen LogP contribution in [0.15, 0.2) is 48.5 Å². The van der Waals surface area contributed by atoms with Gasteiger partial charge in [-0.2, -0.15) is 0 Å². The van der Waals surface area contributed by atoms with Gasteiger partial charge >= 0.3 is 0 Å². The van der Waals surface area contributed by atoms with Gasteiger partial charge in [-0.3, -0.25) is 4.79 Å². The summed E-state index contributed by atoms with van der Waals surface area (Å²) >= 11 is 2.20. The molecule has 0 saturated heterocycles. The lowest BCUT2D eigenvalue weighted by Gasteiger charge is -2.14. The molecule has 0 fully saturated rings. The number of nitrogens with one attached hydrogen (secondary N) is 2. The number of amides is 1. The fraction of sp³-hybridized carbons (Fsp3) is 0.176. The molecule has 1 heterocycles. The molecule has 0 radical (unpaired) electrons. The average Bonchev–Trinajstić information content (AvgIpc) is 2.96. The molecule has 0 saturated carbocycles. The van der Waals surface area contributed by atoms with E-state index in [9.17, 15) is 4.79 Å². The van der Waals surface area contributed by atoms with Gasteiger partial charge in [0, 0.05) is 9.13 Å². The van der Waals surface area contributed by atoms with Crippen LogP contribution in [0.3, 0.4) is 0 Å². The van der Waals surface area contributed by atoms with E-state index in [-0.39, 0.29) is 11.9 Å². The van der Waals surface area contributed by atoms with Crippen LogP contribution in [-0.4, -0.2) is 15.9 Å². The number of imidazole rings is 1. The lowest BCUT2D eigenvalue weighted by molar-refractivity contribution is 0.0934. The quantitative estimate of drug-likeness (QED) is 0.644. The molecule has 1 amide bonds. The Labute approximate surface area is 142 Å². The number of fused-ring (bicyclic) bond motifs is 1. The zero-order chi connectivity index (χ0) is 15.5. The summed E-state index contributed by atoms with van der Waals surface area (Å²) in [5.74, 6) is 0.716. The van der Waals surface area contributed by atoms with Gasteiger partial charge in [-0.1, -0.05) is 25.1 Å². The van der Waals surface area contributed by atoms with E-state index in [1.165, 1.54) is 0 Å². The van der Waals surface area contributed by atoms with Crippen LogP contribution in [-0.2, 0) is 0 Å². The van der Waals surface area contributed by atoms with Gasteiger partial charge in [-0.25, -0.2) is 4.98 Å². The molecule has 112 valence electrons. The summed E-state index contributed by atoms with van der Waals surface area (Å²) < 4.78 is 1.04. The van der Waals surface area contributed by atoms with E-state index in [2.05, 4.69) is 37.9 Å². The minimum Gasteiger partial charge on any atom is -0.342 e. The first-order chi connectivity index (χ1) is 10.7. The van der Waals surface area contributed by atoms with Gasteiger partial charge in [0.15, 0.2) is 0 Å². The summed E-state index contributed by atoms with van der Waals surface area (Å²) in [4.78, 5) is 20.3. The van der Waals surface area contributed by atoms with Crippen LogP contribution in [0.4, 0.5) is 0 Å². The van der Waals surface area contributed by atoms with E-state index in [0.717, 1.165) is 26.8 Å². The maximum atomic E-state index is 12.4. The summed E-state index contributed by atoms with van der Waals surface area (Å²) in [5, 5.41) is 3.05. The fourth-order valence-corrected chi connectivity index (χ4v) is 2.92. The van der Waals surface area contributed by atoms with Crippen molar-refractivity contribution in [3.8, 4) is 0 Å². The minimum absolute atomic E-state index is 0.0779. The highest BCUT2D eigenvalue weighted by atomic mass is 127. The molecule has 22 heavy (non-hydrogen) atoms. The third-order valence-corrected chi connectivity index (χ3v) is 4.21. The van der Waals surface area contributed by atoms with E-state index in [0.29, 0.717) is 5.56 Å². The first-order valence-corrected chi connectivity index (χ1v) is 8.26. The maximum Gasteiger partial charge on any atom is 0.251 e. The Balaban J connectivity index is 1.83. The second-order valence-electron chi connectivity index (χ2n) is 5.08. The molecule has 1 unspecified atom stereocenters. The predicted molar refractivity (Wildman–Crippen MR) is 95.8 cm³/mol. The molecule has 1 atom stereocenters. The molecular formula is C17H16IN3O. The Hall–Kier alpha value is -1.89. The molecule has 3 aromatic rings. The SMILES string of the molecule is CCC(NC(=O)c1cccc(I)c1)c1nc2ccccc2[nH]1. The van der Waals surface area contributed by atoms with Crippen LogP contribution in [0, 0.1) is 3.57 Å². The largest absolute Gasteiger partial charge is 0.342 e. The van der Waals surface area contributed by atoms with Crippen molar-refractivity contribution < 1.29 is 4.79 Å². The van der Waals surface area contributed by atoms with Crippen LogP contribution in [0.2, 0.25) is 0 Å². The topological polar surface area (TPSA) is 57.8 Å². The summed E-state index contributed by atoms with van der Waals surface area (Å²) in [7, 11) is 0. The van der Waals surface area contributed by atoms with Crippen molar-refractivity contribution in [1.29, 1.82) is 0 Å². The Bertz CT molecular complexity index is 779. The molecule has 2 N–H and O–H groups in total. The number of aromatic nitrogens is 2. The zero-order valence-electron chi connectivity index (χ0n) is 12.1. The van der Waals surface area contributed by atoms with Crippen molar-refractivity contribution in [3.63, 3.8) is 0 Å². The van der Waals surface area contributed by atoms with Crippen LogP contribution in [0.25, 0.3) is 11.0 Å². The Morgan fingerprint density at radius 1 is 1.27 bits per heavy atom. The number of halogens is 1. The molecule has 0 spiro atoms. The molecule has 0 bridgehead atoms. The summed E-state index contributed by atoms with van der Waals surface area (Å²) in [6.45, 7) is 2.03. The van der Waals surface area contributed by atoms with Crippen LogP contribution < -0.4 is 5.32 Å². The molecule has 5 heteroatoms. The normalized spacial score (nSPS) is 12.3. The molecule has 3 rings (SSSR count). The van der Waals surface area contributed by atoms with E-state index in [1.807, 2.05) is 55.5 Å². The number of nitrogens with zero attached hydrogens (tertiary/aromatic N) is 1. The molecule has 4 nitrogen and oxygen atoms in total. The monoisotopic (exact) mass is 405 g/mol. The van der Waals surface area contributed by atoms with Crippen molar-refractivity contribution in [1.82, 2.24) is 15.3 Å². The van der Waals surface area contributed by atoms with Gasteiger partial charge in [0.2, 0.25) is 0 Å². The molecular weight excluding hydrogens is 389 g/mol. The van der Waals surface area contributed by atoms with Crippen molar-refractivity contribution in [2.24, 2.45) is 0 Å². The zero-order valence-corrected chi connectivity index (χ0v) is 14.3. The highest BCUT2D eigenvalue weighted by Gasteiger charge is 2.17. The fourth-order valence-electron chi connectivity index (χ4n) is 2.37. The van der Waals surface area contributed by atoms with Gasteiger partial charge < -0.3 is 10.3 Å². The summed E-state index contributed by atoms with van der Waals surface area (Å²) in [5.41, 5.74) is 2.57. The van der Waals surface area contributed by atoms with Gasteiger partial charge in [0.25, 0.3) is 5.91 Å². The van der Waals surface area contributed by atoms with Crippen molar-refractivity contribution >= 4 is 39.5 Å². The average molecular weight is 405 g/mol. The number of aromatic amines is 1. The van der Waals surface area contributed by atoms with Gasteiger partial charge in [0.1, 0.15) is 5.82 Å². The van der Waals surface area contributed by atoms with Crippen molar-refractivity contribution in [2.75, 3.05) is 0 Å². The Morgan fingerprint density at radius 3 is 2.82 bits per heavy atom. The first-order valence-electron chi connectivity index (χ1n) is 7.18. The molecule has 0 aliphatic heterocycles. The number of carbonyl (C=O) groups is 1. The van der Waals surface area contributed by atoms with Gasteiger partial charge in [-0.15, -0.1) is 0 Å². The number of hydrogen-bond donors (Lipinski definition) is 2. The van der Waals surface area contributed by atoms with Crippen LogP contribution in [0.5, 0.6) is 0 Å². The molecule has 0 aliphatic rings. The number of H-pyrrole nitrogens is 1. The number of benzene rings is 2. The van der Waals surface area contributed by atoms with E-state index < -0.39 is 0 Å². The summed E-state index contributed by atoms with van der Waals surface area (Å²) in [6.07, 6.45) is 0.773. The number of hydrogen-bond acceptors (Lipinski definition) is 2. The van der Waals surface area contributed by atoms with Crippen molar-refractivity contribution in [2.45, 2.75) is 19.4 Å². The smallest absolute Gasteiger partial charge is 0.251 e. The molecule has 1 aromatic heterocycles. The minimum atomic E-state index is -0.127. The number of rotatable bonds is 4. The number of para-hydroxylation sites is 2. The highest BCUT2D eigenvalue weighted by molar-refractivity contribution is 14.1. The first kappa shape index (κ1) is 15.0. The Morgan fingerprint density at radius 2 is 2.09 bits per heavy atom. The third kappa shape index (κ3) is 3.14. The van der Waals surface area contributed by atoms with Crippen molar-refractivity contribution in [3.05, 3.63) is 63.5 Å². The van der Waals surface area contributed by atoms with E-state index in [4.69, 9.17) is 0 Å². The van der Waals surface area contributed by atoms with Gasteiger partial charge in [-0.05, 0) is 59.3 Å².